The summed E-state index contributed by atoms with van der Waals surface area (Å²) in [5.41, 5.74) is 0.995. The van der Waals surface area contributed by atoms with Crippen LogP contribution in [-0.4, -0.2) is 35.2 Å². The highest BCUT2D eigenvalue weighted by Crippen LogP contribution is 2.76. The number of allylic oxidation sites excluding steroid dienone is 3. The van der Waals surface area contributed by atoms with E-state index in [-0.39, 0.29) is 45.1 Å². The zero-order chi connectivity index (χ0) is 35.9. The lowest BCUT2D eigenvalue weighted by atomic mass is 9.33. The Morgan fingerprint density at radius 2 is 1.51 bits per heavy atom. The molecule has 1 aromatic rings. The van der Waals surface area contributed by atoms with Gasteiger partial charge in [-0.05, 0) is 129 Å². The number of carboxylic acids is 1. The van der Waals surface area contributed by atoms with Gasteiger partial charge in [0.05, 0.1) is 5.56 Å². The zero-order valence-corrected chi connectivity index (χ0v) is 31.8. The van der Waals surface area contributed by atoms with E-state index in [1.54, 1.807) is 24.3 Å². The number of fused-ring (bicyclic) bond motifs is 7. The third-order valence-corrected chi connectivity index (χ3v) is 15.2. The van der Waals surface area contributed by atoms with E-state index in [0.29, 0.717) is 35.3 Å². The standard InChI is InChI=1S/C42H57ClO6/c1-25(2)22-34(44)48-33-24-37(3,4)23-29-28-14-15-31-39(7)18-17-32(49-35(45)26-10-12-27(43)13-11-26)38(5,6)30(39)16-19-41(31,9)40(28,8)20-21-42(29,33)36(46)47/h10-14,22,29-33H,15-21,23-24H2,1-9H3,(H,46,47)/t29-,30-,31+,32-,33+,39-,40+,41+,42-/m0/s1. The van der Waals surface area contributed by atoms with Gasteiger partial charge >= 0.3 is 17.9 Å². The molecule has 268 valence electrons. The van der Waals surface area contributed by atoms with Crippen molar-refractivity contribution < 1.29 is 29.0 Å². The average Bonchev–Trinajstić information content (AvgIpc) is 2.98. The second kappa shape index (κ2) is 12.0. The Kier molecular flexibility index (Phi) is 8.86. The van der Waals surface area contributed by atoms with Crippen molar-refractivity contribution in [3.63, 3.8) is 0 Å². The van der Waals surface area contributed by atoms with Crippen molar-refractivity contribution in [2.45, 2.75) is 132 Å². The van der Waals surface area contributed by atoms with Gasteiger partial charge in [-0.1, -0.05) is 77.3 Å². The quantitative estimate of drug-likeness (QED) is 0.188. The Bertz CT molecular complexity index is 1580. The fourth-order valence-corrected chi connectivity index (χ4v) is 12.5. The van der Waals surface area contributed by atoms with Crippen LogP contribution in [0.2, 0.25) is 5.02 Å². The maximum atomic E-state index is 13.5. The molecule has 4 fully saturated rings. The second-order valence-electron chi connectivity index (χ2n) is 18.7. The summed E-state index contributed by atoms with van der Waals surface area (Å²) in [7, 11) is 0. The highest BCUT2D eigenvalue weighted by atomic mass is 35.5. The molecule has 5 aliphatic carbocycles. The first kappa shape index (κ1) is 36.2. The summed E-state index contributed by atoms with van der Waals surface area (Å²) < 4.78 is 12.4. The van der Waals surface area contributed by atoms with Crippen LogP contribution >= 0.6 is 11.6 Å². The molecule has 0 aliphatic heterocycles. The van der Waals surface area contributed by atoms with Gasteiger partial charge in [0.25, 0.3) is 0 Å². The topological polar surface area (TPSA) is 89.9 Å². The molecule has 6 rings (SSSR count). The first-order valence-corrected chi connectivity index (χ1v) is 18.9. The molecule has 1 aromatic carbocycles. The molecule has 1 N–H and O–H groups in total. The van der Waals surface area contributed by atoms with Crippen LogP contribution < -0.4 is 0 Å². The van der Waals surface area contributed by atoms with E-state index >= 15 is 0 Å². The number of hydrogen-bond acceptors (Lipinski definition) is 5. The summed E-state index contributed by atoms with van der Waals surface area (Å²) >= 11 is 6.07. The molecule has 0 spiro atoms. The van der Waals surface area contributed by atoms with Crippen LogP contribution in [0.3, 0.4) is 0 Å². The van der Waals surface area contributed by atoms with Gasteiger partial charge < -0.3 is 14.6 Å². The van der Waals surface area contributed by atoms with Crippen LogP contribution in [0.25, 0.3) is 0 Å². The van der Waals surface area contributed by atoms with E-state index in [9.17, 15) is 19.5 Å². The minimum Gasteiger partial charge on any atom is -0.481 e. The van der Waals surface area contributed by atoms with Crippen LogP contribution in [0.1, 0.15) is 130 Å². The van der Waals surface area contributed by atoms with E-state index in [1.165, 1.54) is 11.6 Å². The predicted molar refractivity (Wildman–Crippen MR) is 192 cm³/mol. The molecule has 0 bridgehead atoms. The molecular weight excluding hydrogens is 636 g/mol. The van der Waals surface area contributed by atoms with Crippen LogP contribution in [0, 0.1) is 50.2 Å². The molecule has 5 aliphatic rings. The fraction of sp³-hybridized carbons (Fsp3) is 0.690. The lowest BCUT2D eigenvalue weighted by Gasteiger charge is -2.71. The summed E-state index contributed by atoms with van der Waals surface area (Å²) in [6, 6.07) is 6.92. The zero-order valence-electron chi connectivity index (χ0n) is 31.1. The van der Waals surface area contributed by atoms with Gasteiger partial charge in [0.15, 0.2) is 0 Å². The Labute approximate surface area is 298 Å². The highest BCUT2D eigenvalue weighted by Gasteiger charge is 2.71. The minimum atomic E-state index is -1.13. The molecule has 9 atom stereocenters. The number of benzene rings is 1. The van der Waals surface area contributed by atoms with Crippen molar-refractivity contribution in [1.82, 2.24) is 0 Å². The fourth-order valence-electron chi connectivity index (χ4n) is 12.3. The molecule has 0 amide bonds. The van der Waals surface area contributed by atoms with E-state index in [0.717, 1.165) is 50.5 Å². The molecule has 0 radical (unpaired) electrons. The van der Waals surface area contributed by atoms with Gasteiger partial charge in [-0.3, -0.25) is 4.79 Å². The molecule has 4 saturated carbocycles. The third kappa shape index (κ3) is 5.53. The summed E-state index contributed by atoms with van der Waals surface area (Å²) in [5, 5.41) is 11.7. The van der Waals surface area contributed by atoms with E-state index in [4.69, 9.17) is 21.1 Å². The van der Waals surface area contributed by atoms with Crippen LogP contribution in [0.4, 0.5) is 0 Å². The van der Waals surface area contributed by atoms with Gasteiger partial charge in [-0.15, -0.1) is 0 Å². The molecule has 0 saturated heterocycles. The highest BCUT2D eigenvalue weighted by molar-refractivity contribution is 6.30. The van der Waals surface area contributed by atoms with E-state index in [2.05, 4.69) is 54.5 Å². The molecule has 0 aromatic heterocycles. The van der Waals surface area contributed by atoms with Gasteiger partial charge in [-0.25, -0.2) is 9.59 Å². The van der Waals surface area contributed by atoms with Gasteiger partial charge in [0.2, 0.25) is 0 Å². The minimum absolute atomic E-state index is 0.0221. The number of ether oxygens (including phenoxy) is 2. The first-order chi connectivity index (χ1) is 22.7. The molecule has 6 nitrogen and oxygen atoms in total. The van der Waals surface area contributed by atoms with Crippen LogP contribution in [-0.2, 0) is 19.1 Å². The van der Waals surface area contributed by atoms with Crippen molar-refractivity contribution in [2.24, 2.45) is 50.2 Å². The predicted octanol–water partition coefficient (Wildman–Crippen LogP) is 10.2. The SMILES string of the molecule is CC(C)=CC(=O)O[C@@H]1CC(C)(C)C[C@H]2C3=CC[C@@H]4[C@@]5(C)CC[C@H](OC(=O)c6ccc(Cl)cc6)C(C)(C)[C@@H]5CC[C@@]4(C)[C@]3(C)CC[C@@]12C(=O)O. The average molecular weight is 693 g/mol. The van der Waals surface area contributed by atoms with Crippen molar-refractivity contribution in [1.29, 1.82) is 0 Å². The van der Waals surface area contributed by atoms with Crippen LogP contribution in [0.5, 0.6) is 0 Å². The smallest absolute Gasteiger partial charge is 0.338 e. The summed E-state index contributed by atoms with van der Waals surface area (Å²) in [6.07, 6.45) is 10.4. The Balaban J connectivity index is 1.33. The Hall–Kier alpha value is -2.60. The normalized spacial score (nSPS) is 40.2. The number of aliphatic carboxylic acids is 1. The number of carbonyl (C=O) groups is 3. The summed E-state index contributed by atoms with van der Waals surface area (Å²) in [5.74, 6) is -0.964. The number of esters is 2. The number of hydrogen-bond donors (Lipinski definition) is 1. The van der Waals surface area contributed by atoms with Crippen molar-refractivity contribution in [2.75, 3.05) is 0 Å². The number of halogens is 1. The van der Waals surface area contributed by atoms with Gasteiger partial charge in [0.1, 0.15) is 17.6 Å². The monoisotopic (exact) mass is 692 g/mol. The van der Waals surface area contributed by atoms with E-state index < -0.39 is 23.5 Å². The second-order valence-corrected chi connectivity index (χ2v) is 19.1. The molecule has 0 heterocycles. The maximum Gasteiger partial charge on any atom is 0.338 e. The molecule has 7 heteroatoms. The Morgan fingerprint density at radius 3 is 2.14 bits per heavy atom. The number of carbonyl (C=O) groups excluding carboxylic acids is 2. The summed E-state index contributed by atoms with van der Waals surface area (Å²) in [6.45, 7) is 20.1. The van der Waals surface area contributed by atoms with E-state index in [1.807, 2.05) is 13.8 Å². The van der Waals surface area contributed by atoms with Gasteiger partial charge in [0, 0.05) is 22.4 Å². The molecule has 0 unspecified atom stereocenters. The van der Waals surface area contributed by atoms with Gasteiger partial charge in [-0.2, -0.15) is 0 Å². The third-order valence-electron chi connectivity index (χ3n) is 15.0. The molecule has 49 heavy (non-hydrogen) atoms. The first-order valence-electron chi connectivity index (χ1n) is 18.5. The summed E-state index contributed by atoms with van der Waals surface area (Å²) in [4.78, 5) is 39.8. The van der Waals surface area contributed by atoms with Crippen molar-refractivity contribution in [3.05, 3.63) is 58.1 Å². The Morgan fingerprint density at radius 1 is 0.837 bits per heavy atom. The number of rotatable bonds is 5. The lowest BCUT2D eigenvalue weighted by Crippen LogP contribution is -2.67. The van der Waals surface area contributed by atoms with Crippen LogP contribution in [0.15, 0.2) is 47.6 Å². The lowest BCUT2D eigenvalue weighted by molar-refractivity contribution is -0.215. The maximum absolute atomic E-state index is 13.5. The van der Waals surface area contributed by atoms with Crippen molar-refractivity contribution in [3.8, 4) is 0 Å². The number of carboxylic acid groups (broad SMARTS) is 1. The van der Waals surface area contributed by atoms with Crippen molar-refractivity contribution >= 4 is 29.5 Å². The largest absolute Gasteiger partial charge is 0.481 e. The molecular formula is C42H57ClO6.